The second kappa shape index (κ2) is 11.7. The van der Waals surface area contributed by atoms with Gasteiger partial charge in [0.25, 0.3) is 17.5 Å². The van der Waals surface area contributed by atoms with E-state index in [0.29, 0.717) is 27.2 Å². The van der Waals surface area contributed by atoms with Crippen LogP contribution in [-0.4, -0.2) is 36.7 Å². The fourth-order valence-corrected chi connectivity index (χ4v) is 3.49. The summed E-state index contributed by atoms with van der Waals surface area (Å²) in [6.45, 7) is 1.72. The van der Waals surface area contributed by atoms with Gasteiger partial charge in [-0.3, -0.25) is 19.7 Å². The zero-order valence-electron chi connectivity index (χ0n) is 18.8. The van der Waals surface area contributed by atoms with Gasteiger partial charge in [0, 0.05) is 23.4 Å². The first-order valence-electron chi connectivity index (χ1n) is 10.2. The third kappa shape index (κ3) is 7.11. The van der Waals surface area contributed by atoms with Crippen molar-refractivity contribution in [3.63, 3.8) is 0 Å². The Balaban J connectivity index is 1.63. The first kappa shape index (κ1) is 25.4. The van der Waals surface area contributed by atoms with E-state index < -0.39 is 10.8 Å². The van der Waals surface area contributed by atoms with Crippen LogP contribution in [-0.2, 0) is 4.79 Å². The number of aryl methyl sites for hydroxylation is 1. The van der Waals surface area contributed by atoms with Crippen molar-refractivity contribution in [3.8, 4) is 11.5 Å². The van der Waals surface area contributed by atoms with E-state index in [1.807, 2.05) is 19.1 Å². The van der Waals surface area contributed by atoms with Crippen LogP contribution in [0.3, 0.4) is 0 Å². The highest BCUT2D eigenvalue weighted by Gasteiger charge is 2.14. The summed E-state index contributed by atoms with van der Waals surface area (Å²) in [5, 5.41) is 17.5. The highest BCUT2D eigenvalue weighted by Crippen LogP contribution is 2.36. The van der Waals surface area contributed by atoms with E-state index in [1.165, 1.54) is 31.5 Å². The van der Waals surface area contributed by atoms with Crippen LogP contribution in [0.4, 0.5) is 11.4 Å². The zero-order chi connectivity index (χ0) is 25.4. The maximum atomic E-state index is 12.2. The van der Waals surface area contributed by atoms with E-state index in [4.69, 9.17) is 9.47 Å². The van der Waals surface area contributed by atoms with Gasteiger partial charge in [-0.2, -0.15) is 5.10 Å². The van der Waals surface area contributed by atoms with E-state index in [-0.39, 0.29) is 23.8 Å². The van der Waals surface area contributed by atoms with Crippen LogP contribution in [0.25, 0.3) is 0 Å². The highest BCUT2D eigenvalue weighted by molar-refractivity contribution is 9.10. The Labute approximate surface area is 209 Å². The van der Waals surface area contributed by atoms with Crippen molar-refractivity contribution < 1.29 is 24.0 Å². The van der Waals surface area contributed by atoms with E-state index in [0.717, 1.165) is 11.6 Å². The molecule has 3 rings (SSSR count). The predicted molar refractivity (Wildman–Crippen MR) is 134 cm³/mol. The van der Waals surface area contributed by atoms with Gasteiger partial charge < -0.3 is 14.8 Å². The van der Waals surface area contributed by atoms with Crippen molar-refractivity contribution in [2.45, 2.75) is 6.92 Å². The van der Waals surface area contributed by atoms with Gasteiger partial charge >= 0.3 is 0 Å². The number of carbonyl (C=O) groups excluding carboxylic acids is 2. The number of benzene rings is 3. The molecule has 3 aromatic rings. The molecule has 0 heterocycles. The monoisotopic (exact) mass is 540 g/mol. The van der Waals surface area contributed by atoms with E-state index in [9.17, 15) is 19.7 Å². The minimum atomic E-state index is -0.601. The quantitative estimate of drug-likeness (QED) is 0.234. The molecular weight excluding hydrogens is 520 g/mol. The molecule has 2 N–H and O–H groups in total. The smallest absolute Gasteiger partial charge is 0.271 e. The Hall–Kier alpha value is -4.25. The fraction of sp³-hybridized carbons (Fsp3) is 0.125. The van der Waals surface area contributed by atoms with E-state index in [1.54, 1.807) is 24.3 Å². The number of methoxy groups -OCH3 is 1. The number of hydrazone groups is 1. The molecule has 2 amide bonds. The van der Waals surface area contributed by atoms with Gasteiger partial charge in [-0.25, -0.2) is 5.43 Å². The Kier molecular flexibility index (Phi) is 8.52. The Morgan fingerprint density at radius 2 is 1.89 bits per heavy atom. The standard InChI is InChI=1S/C24H21BrN4O6/c1-15-6-8-18(9-7-15)27-22(30)14-35-23-20(25)10-16(11-21(23)34-2)13-26-28-24(31)17-4-3-5-19(12-17)29(32)33/h3-13H,14H2,1-2H3,(H,27,30)(H,28,31)/b26-13+. The van der Waals surface area contributed by atoms with E-state index >= 15 is 0 Å². The molecule has 180 valence electrons. The average molecular weight is 541 g/mol. The van der Waals surface area contributed by atoms with Gasteiger partial charge in [0.1, 0.15) is 0 Å². The minimum Gasteiger partial charge on any atom is -0.493 e. The molecular formula is C24H21BrN4O6. The number of non-ortho nitro benzene ring substituents is 1. The number of hydrogen-bond acceptors (Lipinski definition) is 7. The molecule has 3 aromatic carbocycles. The lowest BCUT2D eigenvalue weighted by molar-refractivity contribution is -0.384. The number of nitrogens with one attached hydrogen (secondary N) is 2. The Bertz CT molecular complexity index is 1280. The van der Waals surface area contributed by atoms with Crippen LogP contribution in [0, 0.1) is 17.0 Å². The molecule has 0 spiro atoms. The van der Waals surface area contributed by atoms with Gasteiger partial charge in [-0.1, -0.05) is 23.8 Å². The van der Waals surface area contributed by atoms with Crippen molar-refractivity contribution in [1.29, 1.82) is 0 Å². The summed E-state index contributed by atoms with van der Waals surface area (Å²) in [5.41, 5.74) is 4.53. The molecule has 0 aliphatic carbocycles. The summed E-state index contributed by atoms with van der Waals surface area (Å²) in [6, 6.07) is 16.0. The lowest BCUT2D eigenvalue weighted by Crippen LogP contribution is -2.20. The summed E-state index contributed by atoms with van der Waals surface area (Å²) in [7, 11) is 1.45. The summed E-state index contributed by atoms with van der Waals surface area (Å²) >= 11 is 3.39. The molecule has 0 aliphatic rings. The van der Waals surface area contributed by atoms with Crippen molar-refractivity contribution in [1.82, 2.24) is 5.43 Å². The molecule has 35 heavy (non-hydrogen) atoms. The molecule has 0 fully saturated rings. The molecule has 0 aliphatic heterocycles. The summed E-state index contributed by atoms with van der Waals surface area (Å²) in [4.78, 5) is 34.7. The molecule has 11 heteroatoms. The van der Waals surface area contributed by atoms with Gasteiger partial charge in [-0.05, 0) is 58.7 Å². The second-order valence-electron chi connectivity index (χ2n) is 7.24. The maximum absolute atomic E-state index is 12.2. The van der Waals surface area contributed by atoms with Crippen molar-refractivity contribution in [2.24, 2.45) is 5.10 Å². The number of anilines is 1. The number of nitro groups is 1. The third-order valence-electron chi connectivity index (χ3n) is 4.63. The third-order valence-corrected chi connectivity index (χ3v) is 5.22. The SMILES string of the molecule is COc1cc(/C=N/NC(=O)c2cccc([N+](=O)[O-])c2)cc(Br)c1OCC(=O)Nc1ccc(C)cc1. The van der Waals surface area contributed by atoms with Crippen LogP contribution < -0.4 is 20.2 Å². The lowest BCUT2D eigenvalue weighted by Gasteiger charge is -2.13. The second-order valence-corrected chi connectivity index (χ2v) is 8.10. The number of ether oxygens (including phenoxy) is 2. The highest BCUT2D eigenvalue weighted by atomic mass is 79.9. The average Bonchev–Trinajstić information content (AvgIpc) is 2.84. The van der Waals surface area contributed by atoms with Crippen LogP contribution in [0.5, 0.6) is 11.5 Å². The summed E-state index contributed by atoms with van der Waals surface area (Å²) in [6.07, 6.45) is 1.37. The normalized spacial score (nSPS) is 10.6. The summed E-state index contributed by atoms with van der Waals surface area (Å²) in [5.74, 6) is -0.272. The number of rotatable bonds is 9. The van der Waals surface area contributed by atoms with Crippen LogP contribution >= 0.6 is 15.9 Å². The van der Waals surface area contributed by atoms with Gasteiger partial charge in [0.2, 0.25) is 0 Å². The first-order valence-corrected chi connectivity index (χ1v) is 11.0. The van der Waals surface area contributed by atoms with Gasteiger partial charge in [0.05, 0.1) is 22.7 Å². The molecule has 0 saturated heterocycles. The largest absolute Gasteiger partial charge is 0.493 e. The van der Waals surface area contributed by atoms with Gasteiger partial charge in [-0.15, -0.1) is 0 Å². The zero-order valence-corrected chi connectivity index (χ0v) is 20.4. The number of halogens is 1. The van der Waals surface area contributed by atoms with Crippen molar-refractivity contribution in [2.75, 3.05) is 19.0 Å². The topological polar surface area (TPSA) is 132 Å². The van der Waals surface area contributed by atoms with Gasteiger partial charge in [0.15, 0.2) is 18.1 Å². The van der Waals surface area contributed by atoms with Crippen LogP contribution in [0.15, 0.2) is 70.2 Å². The Morgan fingerprint density at radius 3 is 2.57 bits per heavy atom. The molecule has 0 unspecified atom stereocenters. The predicted octanol–water partition coefficient (Wildman–Crippen LogP) is 4.46. The number of carbonyl (C=O) groups is 2. The Morgan fingerprint density at radius 1 is 1.14 bits per heavy atom. The molecule has 0 aromatic heterocycles. The van der Waals surface area contributed by atoms with Crippen molar-refractivity contribution in [3.05, 3.63) is 91.9 Å². The van der Waals surface area contributed by atoms with Crippen LogP contribution in [0.1, 0.15) is 21.5 Å². The molecule has 0 radical (unpaired) electrons. The van der Waals surface area contributed by atoms with Crippen LogP contribution in [0.2, 0.25) is 0 Å². The maximum Gasteiger partial charge on any atom is 0.271 e. The minimum absolute atomic E-state index is 0.0998. The van der Waals surface area contributed by atoms with E-state index in [2.05, 4.69) is 31.8 Å². The molecule has 0 bridgehead atoms. The van der Waals surface area contributed by atoms with Crippen molar-refractivity contribution >= 4 is 45.3 Å². The summed E-state index contributed by atoms with van der Waals surface area (Å²) < 4.78 is 11.5. The molecule has 0 atom stereocenters. The number of nitro benzene ring substituents is 1. The number of nitrogens with zero attached hydrogens (tertiary/aromatic N) is 2. The number of hydrogen-bond donors (Lipinski definition) is 2. The first-order chi connectivity index (χ1) is 16.8. The fourth-order valence-electron chi connectivity index (χ4n) is 2.92. The number of amides is 2. The lowest BCUT2D eigenvalue weighted by atomic mass is 10.2. The molecule has 10 nitrogen and oxygen atoms in total. The molecule has 0 saturated carbocycles.